The van der Waals surface area contributed by atoms with E-state index in [9.17, 15) is 0 Å². The van der Waals surface area contributed by atoms with Gasteiger partial charge < -0.3 is 4.74 Å². The van der Waals surface area contributed by atoms with Crippen LogP contribution in [-0.4, -0.2) is 24.7 Å². The van der Waals surface area contributed by atoms with Gasteiger partial charge in [-0.3, -0.25) is 5.43 Å². The standard InChI is InChI=1S/C12H10BrN7O/c13-8-3-1-4-9(7-8)21-12-17-10(19-14)16-11(18-12)20-6-2-5-15-20/h1-7H,14H2,(H,16,17,18,19). The fraction of sp³-hybridized carbons (Fsp3) is 0. The van der Waals surface area contributed by atoms with E-state index in [0.29, 0.717) is 11.7 Å². The Labute approximate surface area is 128 Å². The van der Waals surface area contributed by atoms with Crippen LogP contribution in [0.4, 0.5) is 5.95 Å². The predicted octanol–water partition coefficient (Wildman–Crippen LogP) is 1.90. The van der Waals surface area contributed by atoms with Crippen LogP contribution in [-0.2, 0) is 0 Å². The van der Waals surface area contributed by atoms with Crippen molar-refractivity contribution in [3.63, 3.8) is 0 Å². The van der Waals surface area contributed by atoms with Crippen molar-refractivity contribution in [2.75, 3.05) is 5.43 Å². The van der Waals surface area contributed by atoms with Gasteiger partial charge in [-0.1, -0.05) is 22.0 Å². The monoisotopic (exact) mass is 347 g/mol. The van der Waals surface area contributed by atoms with Crippen LogP contribution in [0.5, 0.6) is 11.8 Å². The minimum atomic E-state index is 0.113. The molecular formula is C12H10BrN7O. The molecule has 106 valence electrons. The lowest BCUT2D eigenvalue weighted by molar-refractivity contribution is 0.438. The molecule has 2 aromatic heterocycles. The lowest BCUT2D eigenvalue weighted by atomic mass is 10.3. The van der Waals surface area contributed by atoms with Gasteiger partial charge in [0.15, 0.2) is 0 Å². The van der Waals surface area contributed by atoms with Crippen molar-refractivity contribution in [1.29, 1.82) is 0 Å². The summed E-state index contributed by atoms with van der Waals surface area (Å²) in [5.41, 5.74) is 2.37. The molecule has 0 bridgehead atoms. The molecule has 3 N–H and O–H groups in total. The van der Waals surface area contributed by atoms with Gasteiger partial charge in [-0.15, -0.1) is 0 Å². The Morgan fingerprint density at radius 1 is 1.19 bits per heavy atom. The summed E-state index contributed by atoms with van der Waals surface area (Å²) >= 11 is 3.37. The van der Waals surface area contributed by atoms with Gasteiger partial charge in [-0.05, 0) is 24.3 Å². The first kappa shape index (κ1) is 13.5. The number of aromatic nitrogens is 5. The second kappa shape index (κ2) is 5.85. The topological polar surface area (TPSA) is 104 Å². The number of anilines is 1. The minimum Gasteiger partial charge on any atom is -0.424 e. The largest absolute Gasteiger partial charge is 0.424 e. The number of nitrogens with zero attached hydrogens (tertiary/aromatic N) is 5. The molecule has 0 saturated heterocycles. The zero-order valence-electron chi connectivity index (χ0n) is 10.6. The lowest BCUT2D eigenvalue weighted by Crippen LogP contribution is -2.14. The Morgan fingerprint density at radius 3 is 2.81 bits per heavy atom. The first-order valence-corrected chi connectivity index (χ1v) is 6.70. The molecule has 1 aromatic carbocycles. The van der Waals surface area contributed by atoms with Gasteiger partial charge in [0, 0.05) is 16.9 Å². The van der Waals surface area contributed by atoms with Gasteiger partial charge in [0.2, 0.25) is 5.95 Å². The van der Waals surface area contributed by atoms with Crippen molar-refractivity contribution in [2.45, 2.75) is 0 Å². The number of nitrogens with two attached hydrogens (primary N) is 1. The van der Waals surface area contributed by atoms with Gasteiger partial charge in [-0.2, -0.15) is 20.1 Å². The summed E-state index contributed by atoms with van der Waals surface area (Å²) in [6.45, 7) is 0. The molecule has 0 atom stereocenters. The molecule has 9 heteroatoms. The van der Waals surface area contributed by atoms with Gasteiger partial charge in [0.25, 0.3) is 5.95 Å². The Morgan fingerprint density at radius 2 is 2.10 bits per heavy atom. The summed E-state index contributed by atoms with van der Waals surface area (Å²) in [7, 11) is 0. The number of halogens is 1. The van der Waals surface area contributed by atoms with Crippen molar-refractivity contribution in [3.05, 3.63) is 47.2 Å². The zero-order chi connectivity index (χ0) is 14.7. The van der Waals surface area contributed by atoms with Gasteiger partial charge in [0.05, 0.1) is 0 Å². The normalized spacial score (nSPS) is 10.4. The molecule has 0 aliphatic rings. The third kappa shape index (κ3) is 3.15. The van der Waals surface area contributed by atoms with E-state index in [1.807, 2.05) is 12.1 Å². The summed E-state index contributed by atoms with van der Waals surface area (Å²) in [6, 6.07) is 9.19. The van der Waals surface area contributed by atoms with E-state index < -0.39 is 0 Å². The number of nitrogen functional groups attached to an aromatic ring is 1. The molecule has 3 rings (SSSR count). The maximum Gasteiger partial charge on any atom is 0.328 e. The first-order valence-electron chi connectivity index (χ1n) is 5.91. The van der Waals surface area contributed by atoms with Gasteiger partial charge >= 0.3 is 6.01 Å². The van der Waals surface area contributed by atoms with Gasteiger partial charge in [-0.25, -0.2) is 10.5 Å². The molecule has 2 heterocycles. The van der Waals surface area contributed by atoms with Crippen molar-refractivity contribution in [2.24, 2.45) is 5.84 Å². The van der Waals surface area contributed by atoms with Crippen molar-refractivity contribution in [3.8, 4) is 17.7 Å². The second-order valence-electron chi connectivity index (χ2n) is 3.90. The summed E-state index contributed by atoms with van der Waals surface area (Å²) in [4.78, 5) is 12.4. The van der Waals surface area contributed by atoms with E-state index in [0.717, 1.165) is 4.47 Å². The number of hydrogen-bond acceptors (Lipinski definition) is 7. The molecule has 0 unspecified atom stereocenters. The predicted molar refractivity (Wildman–Crippen MR) is 79.0 cm³/mol. The van der Waals surface area contributed by atoms with Crippen LogP contribution in [0.3, 0.4) is 0 Å². The summed E-state index contributed by atoms with van der Waals surface area (Å²) < 4.78 is 7.98. The SMILES string of the molecule is NNc1nc(Oc2cccc(Br)c2)nc(-n2cccn2)n1. The summed E-state index contributed by atoms with van der Waals surface area (Å²) in [5.74, 6) is 6.43. The smallest absolute Gasteiger partial charge is 0.328 e. The molecule has 0 aliphatic heterocycles. The number of hydrazine groups is 1. The summed E-state index contributed by atoms with van der Waals surface area (Å²) in [6.07, 6.45) is 3.33. The van der Waals surface area contributed by atoms with Crippen LogP contribution >= 0.6 is 15.9 Å². The van der Waals surface area contributed by atoms with Crippen LogP contribution in [0, 0.1) is 0 Å². The van der Waals surface area contributed by atoms with Crippen LogP contribution in [0.25, 0.3) is 5.95 Å². The minimum absolute atomic E-state index is 0.113. The Hall–Kier alpha value is -2.52. The molecule has 0 spiro atoms. The van der Waals surface area contributed by atoms with Crippen LogP contribution in [0.15, 0.2) is 47.2 Å². The van der Waals surface area contributed by atoms with Crippen molar-refractivity contribution in [1.82, 2.24) is 24.7 Å². The second-order valence-corrected chi connectivity index (χ2v) is 4.81. The number of benzene rings is 1. The molecule has 0 fully saturated rings. The molecule has 0 aliphatic carbocycles. The maximum absolute atomic E-state index is 5.61. The quantitative estimate of drug-likeness (QED) is 0.548. The average Bonchev–Trinajstić information content (AvgIpc) is 3.01. The number of hydrogen-bond donors (Lipinski definition) is 2. The molecule has 8 nitrogen and oxygen atoms in total. The van der Waals surface area contributed by atoms with E-state index >= 15 is 0 Å². The highest BCUT2D eigenvalue weighted by molar-refractivity contribution is 9.10. The van der Waals surface area contributed by atoms with Crippen molar-refractivity contribution < 1.29 is 4.74 Å². The van der Waals surface area contributed by atoms with Crippen LogP contribution in [0.1, 0.15) is 0 Å². The number of ether oxygens (including phenoxy) is 1. The van der Waals surface area contributed by atoms with Crippen molar-refractivity contribution >= 4 is 21.9 Å². The average molecular weight is 348 g/mol. The molecular weight excluding hydrogens is 338 g/mol. The first-order chi connectivity index (χ1) is 10.2. The fourth-order valence-electron chi connectivity index (χ4n) is 1.58. The lowest BCUT2D eigenvalue weighted by Gasteiger charge is -2.07. The van der Waals surface area contributed by atoms with E-state index in [1.165, 1.54) is 4.68 Å². The third-order valence-electron chi connectivity index (χ3n) is 2.45. The third-order valence-corrected chi connectivity index (χ3v) is 2.94. The fourth-order valence-corrected chi connectivity index (χ4v) is 1.96. The van der Waals surface area contributed by atoms with Crippen LogP contribution in [0.2, 0.25) is 0 Å². The van der Waals surface area contributed by atoms with E-state index in [2.05, 4.69) is 41.4 Å². The summed E-state index contributed by atoms with van der Waals surface area (Å²) in [5, 5.41) is 4.06. The molecule has 0 saturated carbocycles. The molecule has 0 radical (unpaired) electrons. The Kier molecular flexibility index (Phi) is 3.75. The highest BCUT2D eigenvalue weighted by Gasteiger charge is 2.10. The molecule has 0 amide bonds. The Balaban J connectivity index is 1.96. The molecule has 3 aromatic rings. The highest BCUT2D eigenvalue weighted by Crippen LogP contribution is 2.22. The van der Waals surface area contributed by atoms with E-state index in [1.54, 1.807) is 30.6 Å². The highest BCUT2D eigenvalue weighted by atomic mass is 79.9. The van der Waals surface area contributed by atoms with Crippen LogP contribution < -0.4 is 16.0 Å². The molecule has 21 heavy (non-hydrogen) atoms. The number of nitrogens with one attached hydrogen (secondary N) is 1. The van der Waals surface area contributed by atoms with E-state index in [-0.39, 0.29) is 12.0 Å². The zero-order valence-corrected chi connectivity index (χ0v) is 12.2. The van der Waals surface area contributed by atoms with Gasteiger partial charge in [0.1, 0.15) is 5.75 Å². The maximum atomic E-state index is 5.61. The number of rotatable bonds is 4. The van der Waals surface area contributed by atoms with E-state index in [4.69, 9.17) is 10.6 Å². The Bertz CT molecular complexity index is 747.